The van der Waals surface area contributed by atoms with Gasteiger partial charge in [0.05, 0.1) is 17.1 Å². The zero-order chi connectivity index (χ0) is 25.4. The molecule has 0 aliphatic rings. The van der Waals surface area contributed by atoms with Gasteiger partial charge in [0.15, 0.2) is 0 Å². The van der Waals surface area contributed by atoms with Crippen LogP contribution in [-0.4, -0.2) is 20.9 Å². The van der Waals surface area contributed by atoms with Gasteiger partial charge >= 0.3 is 0 Å². The van der Waals surface area contributed by atoms with Gasteiger partial charge < -0.3 is 10.1 Å². The third-order valence-electron chi connectivity index (χ3n) is 5.38. The molecule has 1 amide bonds. The van der Waals surface area contributed by atoms with E-state index in [-0.39, 0.29) is 17.3 Å². The maximum atomic E-state index is 13.5. The number of nitrogens with zero attached hydrogens (tertiary/aromatic N) is 1. The van der Waals surface area contributed by atoms with Crippen molar-refractivity contribution in [2.45, 2.75) is 11.4 Å². The van der Waals surface area contributed by atoms with Crippen molar-refractivity contribution < 1.29 is 17.9 Å². The fourth-order valence-electron chi connectivity index (χ4n) is 3.58. The van der Waals surface area contributed by atoms with E-state index in [1.807, 2.05) is 6.07 Å². The molecule has 0 saturated heterocycles. The van der Waals surface area contributed by atoms with Crippen molar-refractivity contribution in [3.05, 3.63) is 133 Å². The lowest BCUT2D eigenvalue weighted by molar-refractivity contribution is 0.102. The van der Waals surface area contributed by atoms with Crippen LogP contribution in [0.25, 0.3) is 0 Å². The summed E-state index contributed by atoms with van der Waals surface area (Å²) in [7, 11) is -3.79. The predicted octanol–water partition coefficient (Wildman–Crippen LogP) is 5.90. The van der Waals surface area contributed by atoms with Crippen LogP contribution in [0.1, 0.15) is 15.9 Å². The second-order valence-corrected chi connectivity index (χ2v) is 9.80. The third-order valence-corrected chi connectivity index (χ3v) is 7.17. The molecule has 6 nitrogen and oxygen atoms in total. The van der Waals surface area contributed by atoms with Crippen LogP contribution in [0.4, 0.5) is 11.4 Å². The Morgan fingerprint density at radius 1 is 0.861 bits per heavy atom. The third kappa shape index (κ3) is 6.00. The van der Waals surface area contributed by atoms with Crippen LogP contribution in [0.2, 0.25) is 0 Å². The van der Waals surface area contributed by atoms with Gasteiger partial charge in [-0.3, -0.25) is 9.10 Å². The lowest BCUT2D eigenvalue weighted by atomic mass is 10.1. The lowest BCUT2D eigenvalue weighted by Gasteiger charge is -2.25. The molecule has 0 fully saturated rings. The van der Waals surface area contributed by atoms with Crippen LogP contribution in [-0.2, 0) is 16.6 Å². The van der Waals surface area contributed by atoms with Gasteiger partial charge in [0.1, 0.15) is 12.4 Å². The van der Waals surface area contributed by atoms with Crippen molar-refractivity contribution in [2.24, 2.45) is 0 Å². The summed E-state index contributed by atoms with van der Waals surface area (Å²) in [5.74, 6) is 0.350. The summed E-state index contributed by atoms with van der Waals surface area (Å²) in [4.78, 5) is 13.0. The number of hydrogen-bond acceptors (Lipinski definition) is 4. The molecule has 36 heavy (non-hydrogen) atoms. The van der Waals surface area contributed by atoms with Crippen LogP contribution in [0.5, 0.6) is 5.75 Å². The van der Waals surface area contributed by atoms with E-state index < -0.39 is 10.0 Å². The van der Waals surface area contributed by atoms with Crippen molar-refractivity contribution in [1.82, 2.24) is 0 Å². The molecular formula is C29H26N2O4S. The van der Waals surface area contributed by atoms with Gasteiger partial charge in [-0.25, -0.2) is 8.42 Å². The number of amides is 1. The van der Waals surface area contributed by atoms with E-state index in [4.69, 9.17) is 4.74 Å². The van der Waals surface area contributed by atoms with Gasteiger partial charge in [0.25, 0.3) is 15.9 Å². The van der Waals surface area contributed by atoms with Gasteiger partial charge in [0.2, 0.25) is 0 Å². The Kier molecular flexibility index (Phi) is 7.82. The fraction of sp³-hybridized carbons (Fsp3) is 0.0690. The minimum absolute atomic E-state index is 0.117. The summed E-state index contributed by atoms with van der Waals surface area (Å²) in [6.45, 7) is 4.12. The minimum Gasteiger partial charge on any atom is -0.489 e. The van der Waals surface area contributed by atoms with E-state index in [9.17, 15) is 13.2 Å². The molecule has 4 aromatic carbocycles. The van der Waals surface area contributed by atoms with E-state index in [1.165, 1.54) is 4.31 Å². The van der Waals surface area contributed by atoms with Crippen molar-refractivity contribution in [3.63, 3.8) is 0 Å². The molecule has 0 radical (unpaired) electrons. The van der Waals surface area contributed by atoms with Gasteiger partial charge in [-0.15, -0.1) is 0 Å². The van der Waals surface area contributed by atoms with Crippen LogP contribution < -0.4 is 14.4 Å². The highest BCUT2D eigenvalue weighted by atomic mass is 32.2. The molecule has 0 aromatic heterocycles. The highest BCUT2D eigenvalue weighted by Gasteiger charge is 2.25. The summed E-state index contributed by atoms with van der Waals surface area (Å²) in [6, 6.07) is 31.3. The molecule has 4 rings (SSSR count). The Morgan fingerprint density at radius 2 is 1.53 bits per heavy atom. The van der Waals surface area contributed by atoms with E-state index in [1.54, 1.807) is 109 Å². The number of sulfonamides is 1. The first kappa shape index (κ1) is 24.8. The SMILES string of the molecule is C=CCOc1cccc(NC(=O)c2ccc(CN(c3ccccc3)S(=O)(=O)c3ccccc3)cc2)c1. The smallest absolute Gasteiger partial charge is 0.264 e. The molecule has 0 saturated carbocycles. The first-order valence-corrected chi connectivity index (χ1v) is 12.8. The second-order valence-electron chi connectivity index (χ2n) is 7.94. The zero-order valence-electron chi connectivity index (χ0n) is 19.6. The number of nitrogens with one attached hydrogen (secondary N) is 1. The molecule has 0 heterocycles. The topological polar surface area (TPSA) is 75.7 Å². The number of carbonyl (C=O) groups excluding carboxylic acids is 1. The van der Waals surface area contributed by atoms with Crippen LogP contribution >= 0.6 is 0 Å². The molecule has 0 spiro atoms. The summed E-state index contributed by atoms with van der Waals surface area (Å²) in [6.07, 6.45) is 1.65. The molecule has 0 unspecified atom stereocenters. The van der Waals surface area contributed by atoms with Crippen molar-refractivity contribution >= 4 is 27.3 Å². The normalized spacial score (nSPS) is 10.9. The van der Waals surface area contributed by atoms with E-state index in [0.717, 1.165) is 5.56 Å². The Hall–Kier alpha value is -4.36. The molecule has 0 bridgehead atoms. The van der Waals surface area contributed by atoms with Crippen LogP contribution in [0, 0.1) is 0 Å². The molecule has 182 valence electrons. The maximum Gasteiger partial charge on any atom is 0.264 e. The fourth-order valence-corrected chi connectivity index (χ4v) is 5.05. The number of anilines is 2. The largest absolute Gasteiger partial charge is 0.489 e. The Bertz CT molecular complexity index is 1420. The van der Waals surface area contributed by atoms with E-state index >= 15 is 0 Å². The predicted molar refractivity (Wildman–Crippen MR) is 143 cm³/mol. The van der Waals surface area contributed by atoms with E-state index in [2.05, 4.69) is 11.9 Å². The molecule has 1 N–H and O–H groups in total. The molecule has 0 aliphatic heterocycles. The number of carbonyl (C=O) groups is 1. The standard InChI is InChI=1S/C29H26N2O4S/c1-2-20-35-27-13-9-10-25(21-27)30-29(32)24-18-16-23(17-19-24)22-31(26-11-5-3-6-12-26)36(33,34)28-14-7-4-8-15-28/h2-19,21H,1,20,22H2,(H,30,32). The number of benzene rings is 4. The van der Waals surface area contributed by atoms with Gasteiger partial charge in [-0.05, 0) is 54.1 Å². The van der Waals surface area contributed by atoms with E-state index in [0.29, 0.717) is 29.3 Å². The van der Waals surface area contributed by atoms with Gasteiger partial charge in [0, 0.05) is 17.3 Å². The van der Waals surface area contributed by atoms with Crippen LogP contribution in [0.15, 0.2) is 127 Å². The minimum atomic E-state index is -3.79. The average molecular weight is 499 g/mol. The highest BCUT2D eigenvalue weighted by Crippen LogP contribution is 2.26. The van der Waals surface area contributed by atoms with Gasteiger partial charge in [-0.2, -0.15) is 0 Å². The number of ether oxygens (including phenoxy) is 1. The molecule has 0 atom stereocenters. The van der Waals surface area contributed by atoms with Crippen molar-refractivity contribution in [1.29, 1.82) is 0 Å². The Labute approximate surface area is 211 Å². The highest BCUT2D eigenvalue weighted by molar-refractivity contribution is 7.92. The van der Waals surface area contributed by atoms with Crippen molar-refractivity contribution in [3.8, 4) is 5.75 Å². The van der Waals surface area contributed by atoms with Gasteiger partial charge in [-0.1, -0.05) is 67.3 Å². The molecular weight excluding hydrogens is 472 g/mol. The monoisotopic (exact) mass is 498 g/mol. The lowest BCUT2D eigenvalue weighted by Crippen LogP contribution is -2.30. The molecule has 0 aliphatic carbocycles. The first-order valence-electron chi connectivity index (χ1n) is 11.3. The summed E-state index contributed by atoms with van der Waals surface area (Å²) in [5, 5.41) is 2.86. The van der Waals surface area contributed by atoms with Crippen molar-refractivity contribution in [2.75, 3.05) is 16.2 Å². The Morgan fingerprint density at radius 3 is 2.19 bits per heavy atom. The average Bonchev–Trinajstić information content (AvgIpc) is 2.92. The summed E-state index contributed by atoms with van der Waals surface area (Å²) < 4.78 is 33.8. The van der Waals surface area contributed by atoms with Crippen LogP contribution in [0.3, 0.4) is 0 Å². The number of rotatable bonds is 10. The quantitative estimate of drug-likeness (QED) is 0.276. The number of para-hydroxylation sites is 1. The summed E-state index contributed by atoms with van der Waals surface area (Å²) in [5.41, 5.74) is 2.36. The Balaban J connectivity index is 1.52. The zero-order valence-corrected chi connectivity index (χ0v) is 20.4. The molecule has 7 heteroatoms. The molecule has 4 aromatic rings. The maximum absolute atomic E-state index is 13.5. The second kappa shape index (κ2) is 11.4. The number of hydrogen-bond donors (Lipinski definition) is 1. The first-order chi connectivity index (χ1) is 17.5. The summed E-state index contributed by atoms with van der Waals surface area (Å²) >= 11 is 0.